The number of aromatic amines is 2. The van der Waals surface area contributed by atoms with E-state index in [0.717, 1.165) is 24.7 Å². The summed E-state index contributed by atoms with van der Waals surface area (Å²) in [5, 5.41) is 13.6. The zero-order chi connectivity index (χ0) is 22.3. The summed E-state index contributed by atoms with van der Waals surface area (Å²) in [6.07, 6.45) is 0.0115. The number of hydrogen-bond donors (Lipinski definition) is 4. The number of benzene rings is 1. The second kappa shape index (κ2) is 7.66. The van der Waals surface area contributed by atoms with Crippen molar-refractivity contribution in [2.24, 2.45) is 0 Å². The first-order chi connectivity index (χ1) is 15.4. The minimum absolute atomic E-state index is 0.130. The summed E-state index contributed by atoms with van der Waals surface area (Å²) in [4.78, 5) is 23.1. The summed E-state index contributed by atoms with van der Waals surface area (Å²) in [5.74, 6) is 0.103. The summed E-state index contributed by atoms with van der Waals surface area (Å²) in [6.45, 7) is 0.130. The third kappa shape index (κ3) is 4.01. The molecule has 0 unspecified atom stereocenters. The molecule has 0 radical (unpaired) electrons. The Morgan fingerprint density at radius 3 is 2.81 bits per heavy atom. The first-order valence-corrected chi connectivity index (χ1v) is 9.98. The Morgan fingerprint density at radius 2 is 2.03 bits per heavy atom. The number of Topliss-reactive ketones (excluding diaryl/α,β-unsaturated/α-hetero) is 1. The third-order valence-electron chi connectivity index (χ3n) is 5.26. The van der Waals surface area contributed by atoms with Crippen LogP contribution in [-0.4, -0.2) is 37.1 Å². The van der Waals surface area contributed by atoms with Gasteiger partial charge in [0.25, 0.3) is 5.78 Å². The van der Waals surface area contributed by atoms with E-state index in [0.29, 0.717) is 28.6 Å². The predicted molar refractivity (Wildman–Crippen MR) is 112 cm³/mol. The van der Waals surface area contributed by atoms with Crippen LogP contribution in [0.5, 0.6) is 0 Å². The SMILES string of the molecule is O=C(c1c[nH]c2cccc(CNc3nccc(Nc4cc(C5CC5)[nH]n4)n3)c12)C(F)(F)F. The van der Waals surface area contributed by atoms with Crippen LogP contribution in [0.2, 0.25) is 0 Å². The number of halogens is 3. The molecule has 5 rings (SSSR count). The highest BCUT2D eigenvalue weighted by molar-refractivity contribution is 6.11. The lowest BCUT2D eigenvalue weighted by molar-refractivity contribution is -0.0884. The number of carbonyl (C=O) groups excluding carboxylic acids is 1. The lowest BCUT2D eigenvalue weighted by atomic mass is 10.0. The molecule has 0 bridgehead atoms. The molecule has 1 fully saturated rings. The van der Waals surface area contributed by atoms with Gasteiger partial charge in [-0.25, -0.2) is 4.98 Å². The van der Waals surface area contributed by atoms with Gasteiger partial charge in [-0.15, -0.1) is 0 Å². The van der Waals surface area contributed by atoms with Gasteiger partial charge in [-0.1, -0.05) is 12.1 Å². The van der Waals surface area contributed by atoms with Crippen molar-refractivity contribution in [3.8, 4) is 0 Å². The number of rotatable bonds is 7. The highest BCUT2D eigenvalue weighted by Crippen LogP contribution is 2.39. The van der Waals surface area contributed by atoms with Crippen LogP contribution in [0.15, 0.2) is 42.7 Å². The van der Waals surface area contributed by atoms with Gasteiger partial charge in [0.15, 0.2) is 5.82 Å². The van der Waals surface area contributed by atoms with E-state index in [2.05, 4.69) is 35.8 Å². The zero-order valence-electron chi connectivity index (χ0n) is 16.6. The number of H-pyrrole nitrogens is 2. The van der Waals surface area contributed by atoms with Gasteiger partial charge < -0.3 is 15.6 Å². The van der Waals surface area contributed by atoms with E-state index in [4.69, 9.17) is 0 Å². The molecule has 0 aliphatic heterocycles. The van der Waals surface area contributed by atoms with Crippen molar-refractivity contribution in [2.75, 3.05) is 10.6 Å². The molecule has 0 spiro atoms. The number of ketones is 1. The van der Waals surface area contributed by atoms with E-state index >= 15 is 0 Å². The number of nitrogens with one attached hydrogen (secondary N) is 4. The van der Waals surface area contributed by atoms with Crippen LogP contribution in [0.1, 0.15) is 40.4 Å². The monoisotopic (exact) mass is 441 g/mol. The molecule has 0 saturated heterocycles. The fourth-order valence-electron chi connectivity index (χ4n) is 3.56. The van der Waals surface area contributed by atoms with Gasteiger partial charge in [0.2, 0.25) is 5.95 Å². The topological polar surface area (TPSA) is 111 Å². The molecule has 3 heterocycles. The van der Waals surface area contributed by atoms with Crippen molar-refractivity contribution in [1.82, 2.24) is 25.1 Å². The summed E-state index contributed by atoms with van der Waals surface area (Å²) in [6, 6.07) is 8.60. The van der Waals surface area contributed by atoms with Gasteiger partial charge in [0, 0.05) is 47.5 Å². The van der Waals surface area contributed by atoms with Crippen molar-refractivity contribution >= 4 is 34.3 Å². The van der Waals surface area contributed by atoms with Gasteiger partial charge in [0.05, 0.1) is 5.56 Å². The molecule has 1 aliphatic carbocycles. The fraction of sp³-hybridized carbons (Fsp3) is 0.238. The maximum Gasteiger partial charge on any atom is 0.454 e. The van der Waals surface area contributed by atoms with Crippen LogP contribution in [0.25, 0.3) is 10.9 Å². The molecule has 4 N–H and O–H groups in total. The van der Waals surface area contributed by atoms with E-state index in [1.165, 1.54) is 0 Å². The highest BCUT2D eigenvalue weighted by Gasteiger charge is 2.40. The van der Waals surface area contributed by atoms with Crippen molar-refractivity contribution in [2.45, 2.75) is 31.5 Å². The Morgan fingerprint density at radius 1 is 1.19 bits per heavy atom. The lowest BCUT2D eigenvalue weighted by Gasteiger charge is -2.10. The summed E-state index contributed by atoms with van der Waals surface area (Å²) >= 11 is 0. The van der Waals surface area contributed by atoms with Crippen molar-refractivity contribution < 1.29 is 18.0 Å². The van der Waals surface area contributed by atoms with Crippen molar-refractivity contribution in [3.05, 3.63) is 59.5 Å². The minimum atomic E-state index is -4.95. The molecule has 8 nitrogen and oxygen atoms in total. The molecule has 3 aromatic heterocycles. The van der Waals surface area contributed by atoms with Crippen LogP contribution in [0.4, 0.5) is 30.8 Å². The quantitative estimate of drug-likeness (QED) is 0.311. The van der Waals surface area contributed by atoms with Gasteiger partial charge in [-0.3, -0.25) is 9.89 Å². The molecular formula is C21H18F3N7O. The van der Waals surface area contributed by atoms with Gasteiger partial charge in [0.1, 0.15) is 5.82 Å². The number of fused-ring (bicyclic) bond motifs is 1. The number of alkyl halides is 3. The van der Waals surface area contributed by atoms with E-state index in [1.54, 1.807) is 30.5 Å². The molecule has 32 heavy (non-hydrogen) atoms. The second-order valence-corrected chi connectivity index (χ2v) is 7.60. The normalized spacial score (nSPS) is 14.0. The van der Waals surface area contributed by atoms with Crippen LogP contribution < -0.4 is 10.6 Å². The van der Waals surface area contributed by atoms with E-state index in [9.17, 15) is 18.0 Å². The molecule has 1 aromatic carbocycles. The van der Waals surface area contributed by atoms with Crippen LogP contribution in [0.3, 0.4) is 0 Å². The Labute approximate surface area is 179 Å². The number of carbonyl (C=O) groups is 1. The van der Waals surface area contributed by atoms with Gasteiger partial charge in [-0.05, 0) is 30.5 Å². The minimum Gasteiger partial charge on any atom is -0.360 e. The Bertz CT molecular complexity index is 1290. The van der Waals surface area contributed by atoms with Crippen LogP contribution in [0, 0.1) is 0 Å². The maximum atomic E-state index is 13.0. The molecule has 1 aliphatic rings. The third-order valence-corrected chi connectivity index (χ3v) is 5.26. The smallest absolute Gasteiger partial charge is 0.360 e. The largest absolute Gasteiger partial charge is 0.454 e. The summed E-state index contributed by atoms with van der Waals surface area (Å²) in [7, 11) is 0. The number of aromatic nitrogens is 5. The first-order valence-electron chi connectivity index (χ1n) is 9.98. The summed E-state index contributed by atoms with van der Waals surface area (Å²) in [5.41, 5.74) is 1.63. The molecule has 4 aromatic rings. The molecule has 164 valence electrons. The lowest BCUT2D eigenvalue weighted by Crippen LogP contribution is -2.22. The molecule has 1 saturated carbocycles. The van der Waals surface area contributed by atoms with Gasteiger partial charge in [-0.2, -0.15) is 23.3 Å². The standard InChI is InChI=1S/C21H18F3N7O/c22-21(23,24)19(32)13-10-26-14-3-1-2-12(18(13)14)9-27-20-25-7-6-16(29-20)28-17-8-15(30-31-17)11-4-5-11/h1-3,6-8,10-11,26H,4-5,9H2,(H3,25,27,28,29,30,31). The first kappa shape index (κ1) is 20.0. The molecule has 11 heteroatoms. The fourth-order valence-corrected chi connectivity index (χ4v) is 3.56. The maximum absolute atomic E-state index is 13.0. The van der Waals surface area contributed by atoms with Crippen molar-refractivity contribution in [3.63, 3.8) is 0 Å². The van der Waals surface area contributed by atoms with Crippen LogP contribution >= 0.6 is 0 Å². The zero-order valence-corrected chi connectivity index (χ0v) is 16.6. The Hall–Kier alpha value is -3.89. The highest BCUT2D eigenvalue weighted by atomic mass is 19.4. The average Bonchev–Trinajstić information content (AvgIpc) is 3.36. The number of nitrogens with zero attached hydrogens (tertiary/aromatic N) is 3. The molecule has 0 atom stereocenters. The number of anilines is 3. The van der Waals surface area contributed by atoms with E-state index in [-0.39, 0.29) is 17.9 Å². The molecular weight excluding hydrogens is 423 g/mol. The average molecular weight is 441 g/mol. The Balaban J connectivity index is 1.34. The summed E-state index contributed by atoms with van der Waals surface area (Å²) < 4.78 is 38.9. The van der Waals surface area contributed by atoms with Gasteiger partial charge >= 0.3 is 6.18 Å². The number of hydrogen-bond acceptors (Lipinski definition) is 6. The van der Waals surface area contributed by atoms with Crippen LogP contribution in [-0.2, 0) is 6.54 Å². The van der Waals surface area contributed by atoms with E-state index < -0.39 is 17.5 Å². The second-order valence-electron chi connectivity index (χ2n) is 7.60. The van der Waals surface area contributed by atoms with E-state index in [1.807, 2.05) is 6.07 Å². The Kier molecular flexibility index (Phi) is 4.80. The molecule has 0 amide bonds. The predicted octanol–water partition coefficient (Wildman–Crippen LogP) is 4.66. The van der Waals surface area contributed by atoms with Crippen molar-refractivity contribution in [1.29, 1.82) is 0 Å².